The van der Waals surface area contributed by atoms with Crippen molar-refractivity contribution >= 4 is 22.8 Å². The van der Waals surface area contributed by atoms with E-state index in [0.717, 1.165) is 62.2 Å². The van der Waals surface area contributed by atoms with Crippen LogP contribution >= 0.6 is 0 Å². The normalized spacial score (nSPS) is 25.2. The predicted octanol–water partition coefficient (Wildman–Crippen LogP) is 1.47. The van der Waals surface area contributed by atoms with Crippen molar-refractivity contribution in [1.29, 1.82) is 0 Å². The highest BCUT2D eigenvalue weighted by atomic mass is 16.5. The first-order valence-corrected chi connectivity index (χ1v) is 8.56. The van der Waals surface area contributed by atoms with Crippen molar-refractivity contribution in [3.8, 4) is 0 Å². The molecule has 2 aromatic rings. The van der Waals surface area contributed by atoms with Gasteiger partial charge >= 0.3 is 0 Å². The molecule has 0 saturated carbocycles. The van der Waals surface area contributed by atoms with Gasteiger partial charge in [-0.05, 0) is 26.0 Å². The molecule has 0 N–H and O–H groups in total. The second kappa shape index (κ2) is 6.49. The molecule has 0 aliphatic carbocycles. The third-order valence-corrected chi connectivity index (χ3v) is 4.45. The molecule has 2 aliphatic heterocycles. The van der Waals surface area contributed by atoms with Crippen LogP contribution in [0.1, 0.15) is 13.8 Å². The molecule has 2 aliphatic rings. The summed E-state index contributed by atoms with van der Waals surface area (Å²) in [5, 5.41) is 0.998. The summed E-state index contributed by atoms with van der Waals surface area (Å²) < 4.78 is 11.3. The summed E-state index contributed by atoms with van der Waals surface area (Å²) in [4.78, 5) is 18.6. The lowest BCUT2D eigenvalue weighted by Gasteiger charge is -2.36. The van der Waals surface area contributed by atoms with Gasteiger partial charge in [-0.3, -0.25) is 0 Å². The molecule has 4 rings (SSSR count). The van der Waals surface area contributed by atoms with E-state index in [2.05, 4.69) is 28.6 Å². The third-order valence-electron chi connectivity index (χ3n) is 4.45. The van der Waals surface area contributed by atoms with Crippen molar-refractivity contribution < 1.29 is 9.47 Å². The standard InChI is InChI=1S/C17H23N5O2/c1-12-10-22(11-13(2)24-12)17-19-15-14(4-3-5-18-15)16(20-17)21-6-8-23-9-7-21/h3-5,12-13H,6-11H2,1-2H3/t12-,13+. The fourth-order valence-electron chi connectivity index (χ4n) is 3.43. The van der Waals surface area contributed by atoms with Crippen molar-refractivity contribution in [2.45, 2.75) is 26.1 Å². The maximum Gasteiger partial charge on any atom is 0.229 e. The van der Waals surface area contributed by atoms with Crippen molar-refractivity contribution in [2.75, 3.05) is 49.2 Å². The van der Waals surface area contributed by atoms with Crippen LogP contribution in [0.15, 0.2) is 18.3 Å². The van der Waals surface area contributed by atoms with Crippen molar-refractivity contribution in [3.63, 3.8) is 0 Å². The molecule has 0 bridgehead atoms. The molecule has 0 aromatic carbocycles. The van der Waals surface area contributed by atoms with E-state index in [9.17, 15) is 0 Å². The van der Waals surface area contributed by atoms with E-state index in [0.29, 0.717) is 0 Å². The zero-order valence-electron chi connectivity index (χ0n) is 14.2. The molecule has 4 heterocycles. The van der Waals surface area contributed by atoms with Crippen LogP contribution in [0.3, 0.4) is 0 Å². The molecule has 0 spiro atoms. The number of hydrogen-bond acceptors (Lipinski definition) is 7. The van der Waals surface area contributed by atoms with Gasteiger partial charge in [0.2, 0.25) is 5.95 Å². The molecule has 0 radical (unpaired) electrons. The van der Waals surface area contributed by atoms with Gasteiger partial charge in [0.1, 0.15) is 5.82 Å². The van der Waals surface area contributed by atoms with Crippen molar-refractivity contribution in [3.05, 3.63) is 18.3 Å². The van der Waals surface area contributed by atoms with E-state index in [4.69, 9.17) is 19.4 Å². The SMILES string of the molecule is C[C@@H]1CN(c2nc(N3CCOCC3)c3cccnc3n2)C[C@H](C)O1. The van der Waals surface area contributed by atoms with Gasteiger partial charge in [0.15, 0.2) is 5.65 Å². The lowest BCUT2D eigenvalue weighted by Crippen LogP contribution is -2.46. The number of rotatable bonds is 2. The quantitative estimate of drug-likeness (QED) is 0.827. The van der Waals surface area contributed by atoms with Crippen molar-refractivity contribution in [2.24, 2.45) is 0 Å². The summed E-state index contributed by atoms with van der Waals surface area (Å²) in [5.41, 5.74) is 0.746. The van der Waals surface area contributed by atoms with Crippen LogP contribution in [0.2, 0.25) is 0 Å². The van der Waals surface area contributed by atoms with Gasteiger partial charge in [-0.15, -0.1) is 0 Å². The van der Waals surface area contributed by atoms with Crippen LogP contribution in [-0.4, -0.2) is 66.6 Å². The average Bonchev–Trinajstić information content (AvgIpc) is 2.61. The molecule has 24 heavy (non-hydrogen) atoms. The molecule has 2 aromatic heterocycles. The fraction of sp³-hybridized carbons (Fsp3) is 0.588. The Hall–Kier alpha value is -1.99. The molecule has 2 fully saturated rings. The van der Waals surface area contributed by atoms with E-state index in [-0.39, 0.29) is 12.2 Å². The van der Waals surface area contributed by atoms with E-state index in [1.54, 1.807) is 6.20 Å². The first-order valence-electron chi connectivity index (χ1n) is 8.56. The Labute approximate surface area is 141 Å². The topological polar surface area (TPSA) is 63.6 Å². The molecule has 0 amide bonds. The Morgan fingerprint density at radius 2 is 1.79 bits per heavy atom. The summed E-state index contributed by atoms with van der Waals surface area (Å²) >= 11 is 0. The van der Waals surface area contributed by atoms with E-state index in [1.807, 2.05) is 12.1 Å². The second-order valence-electron chi connectivity index (χ2n) is 6.48. The molecule has 2 saturated heterocycles. The average molecular weight is 329 g/mol. The first-order chi connectivity index (χ1) is 11.7. The molecule has 7 heteroatoms. The van der Waals surface area contributed by atoms with Crippen molar-refractivity contribution in [1.82, 2.24) is 15.0 Å². The fourth-order valence-corrected chi connectivity index (χ4v) is 3.43. The van der Waals surface area contributed by atoms with E-state index >= 15 is 0 Å². The molecule has 2 atom stereocenters. The first kappa shape index (κ1) is 15.5. The summed E-state index contributed by atoms with van der Waals surface area (Å²) in [6, 6.07) is 3.98. The Bertz CT molecular complexity index is 709. The minimum atomic E-state index is 0.170. The summed E-state index contributed by atoms with van der Waals surface area (Å²) in [7, 11) is 0. The minimum Gasteiger partial charge on any atom is -0.378 e. The highest BCUT2D eigenvalue weighted by Gasteiger charge is 2.26. The lowest BCUT2D eigenvalue weighted by atomic mass is 10.2. The minimum absolute atomic E-state index is 0.170. The van der Waals surface area contributed by atoms with E-state index < -0.39 is 0 Å². The largest absolute Gasteiger partial charge is 0.378 e. The Kier molecular flexibility index (Phi) is 4.20. The number of nitrogens with zero attached hydrogens (tertiary/aromatic N) is 5. The number of pyridine rings is 1. The Balaban J connectivity index is 1.76. The second-order valence-corrected chi connectivity index (χ2v) is 6.48. The van der Waals surface area contributed by atoms with Crippen LogP contribution in [0, 0.1) is 0 Å². The number of fused-ring (bicyclic) bond motifs is 1. The van der Waals surface area contributed by atoms with Crippen LogP contribution < -0.4 is 9.80 Å². The molecular weight excluding hydrogens is 306 g/mol. The zero-order chi connectivity index (χ0) is 16.5. The maximum absolute atomic E-state index is 5.83. The number of morpholine rings is 2. The van der Waals surface area contributed by atoms with Crippen LogP contribution in [0.25, 0.3) is 11.0 Å². The number of ether oxygens (including phenoxy) is 2. The van der Waals surface area contributed by atoms with Crippen LogP contribution in [0.5, 0.6) is 0 Å². The zero-order valence-corrected chi connectivity index (χ0v) is 14.2. The number of hydrogen-bond donors (Lipinski definition) is 0. The molecule has 128 valence electrons. The van der Waals surface area contributed by atoms with Gasteiger partial charge in [-0.25, -0.2) is 4.98 Å². The smallest absolute Gasteiger partial charge is 0.229 e. The molecular formula is C17H23N5O2. The predicted molar refractivity (Wildman–Crippen MR) is 92.6 cm³/mol. The van der Waals surface area contributed by atoms with Gasteiger partial charge in [0.05, 0.1) is 30.8 Å². The van der Waals surface area contributed by atoms with Gasteiger partial charge in [0, 0.05) is 32.4 Å². The summed E-state index contributed by atoms with van der Waals surface area (Å²) in [6.45, 7) is 8.91. The summed E-state index contributed by atoms with van der Waals surface area (Å²) in [5.74, 6) is 1.70. The molecule has 7 nitrogen and oxygen atoms in total. The van der Waals surface area contributed by atoms with Crippen LogP contribution in [-0.2, 0) is 9.47 Å². The van der Waals surface area contributed by atoms with Gasteiger partial charge < -0.3 is 19.3 Å². The Morgan fingerprint density at radius 3 is 2.54 bits per heavy atom. The number of aromatic nitrogens is 3. The maximum atomic E-state index is 5.83. The van der Waals surface area contributed by atoms with E-state index in [1.165, 1.54) is 0 Å². The highest BCUT2D eigenvalue weighted by Crippen LogP contribution is 2.27. The Morgan fingerprint density at radius 1 is 1.04 bits per heavy atom. The summed E-state index contributed by atoms with van der Waals surface area (Å²) in [6.07, 6.45) is 2.12. The highest BCUT2D eigenvalue weighted by molar-refractivity contribution is 5.88. The third kappa shape index (κ3) is 3.01. The molecule has 0 unspecified atom stereocenters. The number of anilines is 2. The van der Waals surface area contributed by atoms with Crippen LogP contribution in [0.4, 0.5) is 11.8 Å². The van der Waals surface area contributed by atoms with Gasteiger partial charge in [0.25, 0.3) is 0 Å². The van der Waals surface area contributed by atoms with Gasteiger partial charge in [-0.1, -0.05) is 0 Å². The van der Waals surface area contributed by atoms with Gasteiger partial charge in [-0.2, -0.15) is 9.97 Å². The monoisotopic (exact) mass is 329 g/mol. The lowest BCUT2D eigenvalue weighted by molar-refractivity contribution is -0.00570.